The Morgan fingerprint density at radius 1 is 1.29 bits per heavy atom. The van der Waals surface area contributed by atoms with Crippen LogP contribution in [0.2, 0.25) is 0 Å². The summed E-state index contributed by atoms with van der Waals surface area (Å²) < 4.78 is 0. The second-order valence-corrected chi connectivity index (χ2v) is 3.91. The third-order valence-electron chi connectivity index (χ3n) is 2.14. The van der Waals surface area contributed by atoms with Gasteiger partial charge in [0.15, 0.2) is 0 Å². The Morgan fingerprint density at radius 2 is 1.93 bits per heavy atom. The first kappa shape index (κ1) is 11.4. The fraction of sp³-hybridized carbons (Fsp3) is 0.455. The lowest BCUT2D eigenvalue weighted by atomic mass is 10.2. The molecule has 3 heteroatoms. The van der Waals surface area contributed by atoms with E-state index in [0.29, 0.717) is 5.75 Å². The number of aromatic hydroxyl groups is 1. The molecule has 1 fully saturated rings. The SMILES string of the molecule is C1CCNC1.Cc1cc(O)ccc1S. The zero-order valence-corrected chi connectivity index (χ0v) is 9.35. The van der Waals surface area contributed by atoms with Crippen LogP contribution in [0.4, 0.5) is 0 Å². The Hall–Kier alpha value is -0.670. The van der Waals surface area contributed by atoms with E-state index < -0.39 is 0 Å². The summed E-state index contributed by atoms with van der Waals surface area (Å²) in [5.74, 6) is 0.297. The van der Waals surface area contributed by atoms with E-state index in [-0.39, 0.29) is 0 Å². The summed E-state index contributed by atoms with van der Waals surface area (Å²) in [6, 6.07) is 5.07. The van der Waals surface area contributed by atoms with Crippen LogP contribution in [0.1, 0.15) is 18.4 Å². The fourth-order valence-electron chi connectivity index (χ4n) is 1.26. The summed E-state index contributed by atoms with van der Waals surface area (Å²) in [4.78, 5) is 0.910. The van der Waals surface area contributed by atoms with Gasteiger partial charge in [0.1, 0.15) is 5.75 Å². The average molecular weight is 211 g/mol. The molecule has 0 bridgehead atoms. The van der Waals surface area contributed by atoms with Crippen LogP contribution >= 0.6 is 12.6 Å². The highest BCUT2D eigenvalue weighted by Crippen LogP contribution is 2.17. The van der Waals surface area contributed by atoms with E-state index in [2.05, 4.69) is 17.9 Å². The molecule has 1 aromatic carbocycles. The standard InChI is InChI=1S/C7H8OS.C4H9N/c1-5-4-6(8)2-3-7(5)9;1-2-4-5-3-1/h2-4,8-9H,1H3;5H,1-4H2. The minimum Gasteiger partial charge on any atom is -0.508 e. The molecule has 0 aromatic heterocycles. The summed E-state index contributed by atoms with van der Waals surface area (Å²) in [7, 11) is 0. The lowest BCUT2D eigenvalue weighted by Gasteiger charge is -1.96. The van der Waals surface area contributed by atoms with Crippen LogP contribution in [0.3, 0.4) is 0 Å². The van der Waals surface area contributed by atoms with E-state index in [1.54, 1.807) is 18.2 Å². The van der Waals surface area contributed by atoms with Crippen LogP contribution in [0.15, 0.2) is 23.1 Å². The first-order valence-electron chi connectivity index (χ1n) is 4.89. The molecule has 1 aliphatic rings. The molecule has 1 heterocycles. The highest BCUT2D eigenvalue weighted by atomic mass is 32.1. The van der Waals surface area contributed by atoms with Crippen molar-refractivity contribution in [3.05, 3.63) is 23.8 Å². The number of rotatable bonds is 0. The van der Waals surface area contributed by atoms with Gasteiger partial charge in [-0.3, -0.25) is 0 Å². The van der Waals surface area contributed by atoms with Crippen molar-refractivity contribution in [1.82, 2.24) is 5.32 Å². The Labute approximate surface area is 90.8 Å². The molecule has 0 amide bonds. The zero-order chi connectivity index (χ0) is 10.4. The van der Waals surface area contributed by atoms with Gasteiger partial charge < -0.3 is 10.4 Å². The van der Waals surface area contributed by atoms with Crippen LogP contribution in [0.25, 0.3) is 0 Å². The monoisotopic (exact) mass is 211 g/mol. The van der Waals surface area contributed by atoms with Gasteiger partial charge in [-0.1, -0.05) is 0 Å². The molecule has 78 valence electrons. The first-order valence-corrected chi connectivity index (χ1v) is 5.34. The smallest absolute Gasteiger partial charge is 0.115 e. The minimum absolute atomic E-state index is 0.297. The van der Waals surface area contributed by atoms with E-state index in [9.17, 15) is 0 Å². The number of aryl methyl sites for hydroxylation is 1. The number of hydrogen-bond acceptors (Lipinski definition) is 3. The maximum Gasteiger partial charge on any atom is 0.115 e. The highest BCUT2D eigenvalue weighted by Gasteiger charge is 1.93. The van der Waals surface area contributed by atoms with Crippen molar-refractivity contribution in [3.63, 3.8) is 0 Å². The number of nitrogens with one attached hydrogen (secondary N) is 1. The van der Waals surface area contributed by atoms with Gasteiger partial charge in [0.25, 0.3) is 0 Å². The van der Waals surface area contributed by atoms with Crippen molar-refractivity contribution >= 4 is 12.6 Å². The summed E-state index contributed by atoms with van der Waals surface area (Å²) >= 11 is 4.13. The van der Waals surface area contributed by atoms with Crippen molar-refractivity contribution in [3.8, 4) is 5.75 Å². The van der Waals surface area contributed by atoms with Gasteiger partial charge in [-0.05, 0) is 56.6 Å². The van der Waals surface area contributed by atoms with Crippen molar-refractivity contribution in [1.29, 1.82) is 0 Å². The van der Waals surface area contributed by atoms with E-state index >= 15 is 0 Å². The van der Waals surface area contributed by atoms with Crippen molar-refractivity contribution in [2.75, 3.05) is 13.1 Å². The fourth-order valence-corrected chi connectivity index (χ4v) is 1.40. The van der Waals surface area contributed by atoms with Crippen LogP contribution in [-0.2, 0) is 0 Å². The number of phenols is 1. The number of phenolic OH excluding ortho intramolecular Hbond substituents is 1. The summed E-state index contributed by atoms with van der Waals surface area (Å²) in [5.41, 5.74) is 0.998. The van der Waals surface area contributed by atoms with Gasteiger partial charge in [-0.2, -0.15) is 0 Å². The summed E-state index contributed by atoms with van der Waals surface area (Å²) in [5, 5.41) is 12.1. The maximum atomic E-state index is 8.90. The lowest BCUT2D eigenvalue weighted by molar-refractivity contribution is 0.474. The number of hydrogen-bond donors (Lipinski definition) is 3. The van der Waals surface area contributed by atoms with Gasteiger partial charge in [0.2, 0.25) is 0 Å². The topological polar surface area (TPSA) is 32.3 Å². The molecule has 0 unspecified atom stereocenters. The molecule has 2 N–H and O–H groups in total. The molecule has 1 aromatic rings. The maximum absolute atomic E-state index is 8.90. The Kier molecular flexibility index (Phi) is 4.84. The molecule has 14 heavy (non-hydrogen) atoms. The average Bonchev–Trinajstić information content (AvgIpc) is 2.69. The van der Waals surface area contributed by atoms with Gasteiger partial charge in [-0.25, -0.2) is 0 Å². The van der Waals surface area contributed by atoms with Crippen molar-refractivity contribution in [2.45, 2.75) is 24.7 Å². The molecular weight excluding hydrogens is 194 g/mol. The van der Waals surface area contributed by atoms with Crippen LogP contribution in [-0.4, -0.2) is 18.2 Å². The predicted molar refractivity (Wildman–Crippen MR) is 62.2 cm³/mol. The summed E-state index contributed by atoms with van der Waals surface area (Å²) in [6.45, 7) is 4.40. The van der Waals surface area contributed by atoms with Gasteiger partial charge in [0.05, 0.1) is 0 Å². The second kappa shape index (κ2) is 5.94. The van der Waals surface area contributed by atoms with Gasteiger partial charge >= 0.3 is 0 Å². The zero-order valence-electron chi connectivity index (χ0n) is 8.45. The van der Waals surface area contributed by atoms with E-state index in [1.807, 2.05) is 6.92 Å². The van der Waals surface area contributed by atoms with Crippen molar-refractivity contribution < 1.29 is 5.11 Å². The van der Waals surface area contributed by atoms with Crippen LogP contribution < -0.4 is 5.32 Å². The van der Waals surface area contributed by atoms with E-state index in [1.165, 1.54) is 25.9 Å². The molecule has 1 saturated heterocycles. The highest BCUT2D eigenvalue weighted by molar-refractivity contribution is 7.80. The molecule has 0 aliphatic carbocycles. The van der Waals surface area contributed by atoms with Crippen LogP contribution in [0, 0.1) is 6.92 Å². The van der Waals surface area contributed by atoms with Crippen LogP contribution in [0.5, 0.6) is 5.75 Å². The molecule has 0 saturated carbocycles. The van der Waals surface area contributed by atoms with Gasteiger partial charge in [-0.15, -0.1) is 12.6 Å². The normalized spacial score (nSPS) is 14.7. The Morgan fingerprint density at radius 3 is 2.29 bits per heavy atom. The third-order valence-corrected chi connectivity index (χ3v) is 2.64. The second-order valence-electron chi connectivity index (χ2n) is 3.43. The predicted octanol–water partition coefficient (Wildman–Crippen LogP) is 2.36. The molecule has 2 nitrogen and oxygen atoms in total. The molecular formula is C11H17NOS. The number of benzene rings is 1. The summed E-state index contributed by atoms with van der Waals surface area (Å²) in [6.07, 6.45) is 2.78. The Balaban J connectivity index is 0.000000165. The first-order chi connectivity index (χ1) is 6.70. The Bertz CT molecular complexity index is 277. The molecule has 2 rings (SSSR count). The lowest BCUT2D eigenvalue weighted by Crippen LogP contribution is -2.03. The quantitative estimate of drug-likeness (QED) is 0.576. The third kappa shape index (κ3) is 4.03. The molecule has 0 atom stereocenters. The van der Waals surface area contributed by atoms with Gasteiger partial charge in [0, 0.05) is 4.90 Å². The largest absolute Gasteiger partial charge is 0.508 e. The van der Waals surface area contributed by atoms with E-state index in [0.717, 1.165) is 10.5 Å². The van der Waals surface area contributed by atoms with Crippen molar-refractivity contribution in [2.24, 2.45) is 0 Å². The van der Waals surface area contributed by atoms with E-state index in [4.69, 9.17) is 5.11 Å². The molecule has 0 radical (unpaired) electrons. The number of thiol groups is 1. The molecule has 0 spiro atoms. The molecule has 1 aliphatic heterocycles. The minimum atomic E-state index is 0.297.